The van der Waals surface area contributed by atoms with Gasteiger partial charge in [-0.1, -0.05) is 0 Å². The predicted molar refractivity (Wildman–Crippen MR) is 70.7 cm³/mol. The van der Waals surface area contributed by atoms with Crippen LogP contribution in [0.5, 0.6) is 5.88 Å². The average Bonchev–Trinajstić information content (AvgIpc) is 2.36. The Morgan fingerprint density at radius 2 is 1.90 bits per heavy atom. The second kappa shape index (κ2) is 6.07. The van der Waals surface area contributed by atoms with Gasteiger partial charge in [-0.05, 0) is 19.9 Å². The van der Waals surface area contributed by atoms with Crippen LogP contribution in [-0.4, -0.2) is 23.3 Å². The summed E-state index contributed by atoms with van der Waals surface area (Å²) in [5.41, 5.74) is 1.27. The lowest BCUT2D eigenvalue weighted by molar-refractivity contribution is -0.137. The lowest BCUT2D eigenvalue weighted by Gasteiger charge is -2.32. The van der Waals surface area contributed by atoms with Gasteiger partial charge in [0.2, 0.25) is 5.88 Å². The maximum absolute atomic E-state index is 12.8. The van der Waals surface area contributed by atoms with E-state index in [2.05, 4.69) is 10.4 Å². The van der Waals surface area contributed by atoms with E-state index in [4.69, 9.17) is 15.3 Å². The van der Waals surface area contributed by atoms with E-state index in [0.717, 1.165) is 12.1 Å². The van der Waals surface area contributed by atoms with Gasteiger partial charge in [0.1, 0.15) is 11.9 Å². The number of halogens is 3. The number of pyridine rings is 1. The van der Waals surface area contributed by atoms with Crippen molar-refractivity contribution >= 4 is 5.82 Å². The summed E-state index contributed by atoms with van der Waals surface area (Å²) < 4.78 is 49.6. The number of nitrogens with one attached hydrogen (secondary N) is 1. The molecule has 2 unspecified atom stereocenters. The Morgan fingerprint density at radius 1 is 1.29 bits per heavy atom. The quantitative estimate of drug-likeness (QED) is 0.664. The van der Waals surface area contributed by atoms with Crippen LogP contribution in [0.25, 0.3) is 0 Å². The molecule has 2 rings (SSSR count). The summed E-state index contributed by atoms with van der Waals surface area (Å²) in [4.78, 5) is 3.91. The highest BCUT2D eigenvalue weighted by Crippen LogP contribution is 2.33. The molecule has 0 spiro atoms. The third kappa shape index (κ3) is 4.21. The standard InChI is InChI=1S/C13H18F3N3O2/c1-7-3-10(4-8(2)20-7)21-12-6-9(13(14,15)16)5-11(18-12)19-17/h5-8,10H,3-4,17H2,1-2H3,(H,18,19). The fourth-order valence-corrected chi connectivity index (χ4v) is 2.41. The second-order valence-corrected chi connectivity index (χ2v) is 5.19. The molecule has 0 saturated carbocycles. The molecule has 2 atom stereocenters. The van der Waals surface area contributed by atoms with Gasteiger partial charge < -0.3 is 14.9 Å². The molecule has 3 N–H and O–H groups in total. The van der Waals surface area contributed by atoms with Gasteiger partial charge in [-0.15, -0.1) is 0 Å². The van der Waals surface area contributed by atoms with Gasteiger partial charge >= 0.3 is 6.18 Å². The number of hydrogen-bond donors (Lipinski definition) is 2. The summed E-state index contributed by atoms with van der Waals surface area (Å²) >= 11 is 0. The summed E-state index contributed by atoms with van der Waals surface area (Å²) in [6.07, 6.45) is -3.51. The van der Waals surface area contributed by atoms with Gasteiger partial charge in [0.15, 0.2) is 0 Å². The van der Waals surface area contributed by atoms with Crippen LogP contribution in [0.3, 0.4) is 0 Å². The van der Waals surface area contributed by atoms with Gasteiger partial charge in [-0.2, -0.15) is 18.2 Å². The first-order valence-corrected chi connectivity index (χ1v) is 6.66. The SMILES string of the molecule is CC1CC(Oc2cc(C(F)(F)F)cc(NN)n2)CC(C)O1. The molecular weight excluding hydrogens is 287 g/mol. The van der Waals surface area contributed by atoms with Crippen LogP contribution in [0, 0.1) is 0 Å². The Kier molecular flexibility index (Phi) is 4.58. The summed E-state index contributed by atoms with van der Waals surface area (Å²) in [6.45, 7) is 3.80. The van der Waals surface area contributed by atoms with Gasteiger partial charge in [-0.3, -0.25) is 0 Å². The number of rotatable bonds is 3. The van der Waals surface area contributed by atoms with E-state index in [1.807, 2.05) is 13.8 Å². The van der Waals surface area contributed by atoms with Crippen molar-refractivity contribution < 1.29 is 22.6 Å². The maximum Gasteiger partial charge on any atom is 0.416 e. The van der Waals surface area contributed by atoms with Crippen molar-refractivity contribution in [2.45, 2.75) is 51.2 Å². The number of ether oxygens (including phenoxy) is 2. The third-order valence-corrected chi connectivity index (χ3v) is 3.22. The van der Waals surface area contributed by atoms with E-state index in [1.165, 1.54) is 0 Å². The van der Waals surface area contributed by atoms with Crippen LogP contribution >= 0.6 is 0 Å². The molecule has 8 heteroatoms. The molecule has 0 radical (unpaired) electrons. The minimum Gasteiger partial charge on any atom is -0.474 e. The minimum absolute atomic E-state index is 0.00310. The van der Waals surface area contributed by atoms with Crippen molar-refractivity contribution in [3.63, 3.8) is 0 Å². The molecule has 0 aliphatic carbocycles. The van der Waals surface area contributed by atoms with Crippen LogP contribution in [0.15, 0.2) is 12.1 Å². The van der Waals surface area contributed by atoms with E-state index < -0.39 is 11.7 Å². The lowest BCUT2D eigenvalue weighted by Crippen LogP contribution is -2.36. The van der Waals surface area contributed by atoms with Crippen LogP contribution in [0.1, 0.15) is 32.3 Å². The minimum atomic E-state index is -4.48. The lowest BCUT2D eigenvalue weighted by atomic mass is 10.0. The van der Waals surface area contributed by atoms with E-state index in [-0.39, 0.29) is 30.0 Å². The van der Waals surface area contributed by atoms with Crippen molar-refractivity contribution in [3.05, 3.63) is 17.7 Å². The molecule has 0 aromatic carbocycles. The number of aromatic nitrogens is 1. The first kappa shape index (κ1) is 15.8. The Balaban J connectivity index is 2.19. The molecule has 1 aromatic heterocycles. The molecule has 21 heavy (non-hydrogen) atoms. The highest BCUT2D eigenvalue weighted by Gasteiger charge is 2.33. The number of alkyl halides is 3. The van der Waals surface area contributed by atoms with Crippen molar-refractivity contribution in [2.75, 3.05) is 5.43 Å². The van der Waals surface area contributed by atoms with E-state index in [9.17, 15) is 13.2 Å². The molecule has 5 nitrogen and oxygen atoms in total. The molecule has 0 amide bonds. The number of nitrogen functional groups attached to an aromatic ring is 1. The molecule has 118 valence electrons. The Morgan fingerprint density at radius 3 is 2.43 bits per heavy atom. The number of nitrogens with two attached hydrogens (primary N) is 1. The fraction of sp³-hybridized carbons (Fsp3) is 0.615. The van der Waals surface area contributed by atoms with Crippen LogP contribution < -0.4 is 16.0 Å². The van der Waals surface area contributed by atoms with Crippen molar-refractivity contribution in [1.82, 2.24) is 4.98 Å². The summed E-state index contributed by atoms with van der Waals surface area (Å²) in [7, 11) is 0. The third-order valence-electron chi connectivity index (χ3n) is 3.22. The number of hydrogen-bond acceptors (Lipinski definition) is 5. The fourth-order valence-electron chi connectivity index (χ4n) is 2.41. The molecular formula is C13H18F3N3O2. The van der Waals surface area contributed by atoms with Crippen molar-refractivity contribution in [2.24, 2.45) is 5.84 Å². The van der Waals surface area contributed by atoms with Gasteiger partial charge in [0, 0.05) is 18.9 Å². The Hall–Kier alpha value is -1.54. The smallest absolute Gasteiger partial charge is 0.416 e. The van der Waals surface area contributed by atoms with Gasteiger partial charge in [-0.25, -0.2) is 5.84 Å². The first-order valence-electron chi connectivity index (χ1n) is 6.66. The van der Waals surface area contributed by atoms with E-state index in [1.54, 1.807) is 0 Å². The predicted octanol–water partition coefficient (Wildman–Crippen LogP) is 2.72. The van der Waals surface area contributed by atoms with Crippen molar-refractivity contribution in [1.29, 1.82) is 0 Å². The molecule has 0 bridgehead atoms. The van der Waals surface area contributed by atoms with Crippen LogP contribution in [0.2, 0.25) is 0 Å². The van der Waals surface area contributed by atoms with Gasteiger partial charge in [0.25, 0.3) is 0 Å². The zero-order valence-electron chi connectivity index (χ0n) is 11.8. The zero-order chi connectivity index (χ0) is 15.6. The Bertz CT molecular complexity index is 486. The molecule has 1 fully saturated rings. The highest BCUT2D eigenvalue weighted by molar-refractivity contribution is 5.41. The molecule has 1 aromatic rings. The highest BCUT2D eigenvalue weighted by atomic mass is 19.4. The molecule has 1 aliphatic rings. The monoisotopic (exact) mass is 305 g/mol. The summed E-state index contributed by atoms with van der Waals surface area (Å²) in [5.74, 6) is 4.97. The van der Waals surface area contributed by atoms with E-state index in [0.29, 0.717) is 12.8 Å². The largest absolute Gasteiger partial charge is 0.474 e. The van der Waals surface area contributed by atoms with Crippen LogP contribution in [0.4, 0.5) is 19.0 Å². The second-order valence-electron chi connectivity index (χ2n) is 5.19. The summed E-state index contributed by atoms with van der Waals surface area (Å²) in [5, 5.41) is 0. The Labute approximate surface area is 120 Å². The first-order chi connectivity index (χ1) is 9.77. The van der Waals surface area contributed by atoms with E-state index >= 15 is 0 Å². The normalized spacial score (nSPS) is 26.5. The number of anilines is 1. The van der Waals surface area contributed by atoms with Crippen LogP contribution in [-0.2, 0) is 10.9 Å². The van der Waals surface area contributed by atoms with Crippen molar-refractivity contribution in [3.8, 4) is 5.88 Å². The maximum atomic E-state index is 12.8. The topological polar surface area (TPSA) is 69.4 Å². The molecule has 1 aliphatic heterocycles. The zero-order valence-corrected chi connectivity index (χ0v) is 11.8. The molecule has 2 heterocycles. The summed E-state index contributed by atoms with van der Waals surface area (Å²) in [6, 6.07) is 1.72. The molecule has 1 saturated heterocycles. The number of hydrazine groups is 1. The number of nitrogens with zero attached hydrogens (tertiary/aromatic N) is 1. The van der Waals surface area contributed by atoms with Gasteiger partial charge in [0.05, 0.1) is 17.8 Å². The average molecular weight is 305 g/mol.